The Hall–Kier alpha value is -2.41. The highest BCUT2D eigenvalue weighted by Gasteiger charge is 2.18. The average Bonchev–Trinajstić information content (AvgIpc) is 2.85. The Morgan fingerprint density at radius 2 is 2.19 bits per heavy atom. The summed E-state index contributed by atoms with van der Waals surface area (Å²) in [7, 11) is 1.52. The molecule has 0 aliphatic rings. The van der Waals surface area contributed by atoms with E-state index in [-0.39, 0.29) is 0 Å². The molecule has 0 atom stereocenters. The number of carbonyl (C=O) groups excluding carboxylic acids is 1. The predicted molar refractivity (Wildman–Crippen MR) is 81.6 cm³/mol. The summed E-state index contributed by atoms with van der Waals surface area (Å²) >= 11 is 3.40. The molecule has 3 rings (SSSR count). The molecule has 0 spiro atoms. The van der Waals surface area contributed by atoms with Crippen molar-refractivity contribution in [2.45, 2.75) is 0 Å². The van der Waals surface area contributed by atoms with Gasteiger partial charge in [-0.15, -0.1) is 0 Å². The summed E-state index contributed by atoms with van der Waals surface area (Å²) in [6, 6.07) is 9.10. The molecule has 0 aliphatic heterocycles. The van der Waals surface area contributed by atoms with E-state index in [1.54, 1.807) is 6.07 Å². The number of halogens is 1. The molecular formula is C14H11BrN4O2. The molecule has 21 heavy (non-hydrogen) atoms. The van der Waals surface area contributed by atoms with Crippen LogP contribution in [0.5, 0.6) is 5.88 Å². The topological polar surface area (TPSA) is 83.0 Å². The Bertz CT molecular complexity index is 844. The van der Waals surface area contributed by atoms with Gasteiger partial charge in [0.05, 0.1) is 18.2 Å². The number of benzene rings is 1. The highest BCUT2D eigenvalue weighted by Crippen LogP contribution is 2.24. The van der Waals surface area contributed by atoms with Crippen LogP contribution in [0.3, 0.4) is 0 Å². The van der Waals surface area contributed by atoms with Crippen molar-refractivity contribution in [3.63, 3.8) is 0 Å². The third kappa shape index (κ3) is 2.36. The van der Waals surface area contributed by atoms with Gasteiger partial charge < -0.3 is 10.5 Å². The minimum absolute atomic E-state index is 0.290. The summed E-state index contributed by atoms with van der Waals surface area (Å²) < 4.78 is 7.47. The van der Waals surface area contributed by atoms with Crippen molar-refractivity contribution in [3.05, 3.63) is 46.7 Å². The fraction of sp³-hybridized carbons (Fsp3) is 0.0714. The number of carbonyl (C=O) groups is 1. The number of amides is 1. The molecule has 1 aromatic carbocycles. The number of primary amides is 1. The van der Waals surface area contributed by atoms with E-state index >= 15 is 0 Å². The zero-order chi connectivity index (χ0) is 15.0. The minimum Gasteiger partial charge on any atom is -0.481 e. The summed E-state index contributed by atoms with van der Waals surface area (Å²) in [6.45, 7) is 0. The van der Waals surface area contributed by atoms with Crippen LogP contribution in [0.25, 0.3) is 16.6 Å². The zero-order valence-corrected chi connectivity index (χ0v) is 12.7. The van der Waals surface area contributed by atoms with Gasteiger partial charge in [0, 0.05) is 16.7 Å². The van der Waals surface area contributed by atoms with Crippen molar-refractivity contribution in [1.82, 2.24) is 14.8 Å². The van der Waals surface area contributed by atoms with Gasteiger partial charge in [-0.05, 0) is 18.2 Å². The van der Waals surface area contributed by atoms with Crippen LogP contribution in [0.4, 0.5) is 0 Å². The third-order valence-corrected chi connectivity index (χ3v) is 3.52. The number of hydrogen-bond acceptors (Lipinski definition) is 4. The van der Waals surface area contributed by atoms with E-state index in [1.807, 2.05) is 24.3 Å². The number of methoxy groups -OCH3 is 1. The van der Waals surface area contributed by atoms with Gasteiger partial charge in [-0.3, -0.25) is 4.79 Å². The molecule has 2 heterocycles. The van der Waals surface area contributed by atoms with Crippen molar-refractivity contribution >= 4 is 32.7 Å². The number of hydrogen-bond donors (Lipinski definition) is 1. The maximum absolute atomic E-state index is 11.8. The zero-order valence-electron chi connectivity index (χ0n) is 11.1. The highest BCUT2D eigenvalue weighted by molar-refractivity contribution is 9.10. The van der Waals surface area contributed by atoms with Crippen LogP contribution in [-0.2, 0) is 0 Å². The molecule has 0 radical (unpaired) electrons. The van der Waals surface area contributed by atoms with Gasteiger partial charge in [0.2, 0.25) is 5.88 Å². The first-order valence-corrected chi connectivity index (χ1v) is 6.88. The molecule has 2 aromatic heterocycles. The van der Waals surface area contributed by atoms with Gasteiger partial charge in [0.15, 0.2) is 0 Å². The van der Waals surface area contributed by atoms with Crippen molar-refractivity contribution < 1.29 is 9.53 Å². The minimum atomic E-state index is -0.565. The second kappa shape index (κ2) is 5.17. The van der Waals surface area contributed by atoms with Crippen molar-refractivity contribution in [3.8, 4) is 11.6 Å². The molecule has 0 saturated carbocycles. The molecule has 2 N–H and O–H groups in total. The van der Waals surface area contributed by atoms with E-state index in [4.69, 9.17) is 10.5 Å². The molecule has 7 heteroatoms. The lowest BCUT2D eigenvalue weighted by Crippen LogP contribution is -2.17. The Kier molecular flexibility index (Phi) is 3.34. The number of aromatic nitrogens is 3. The Morgan fingerprint density at radius 1 is 1.38 bits per heavy atom. The normalized spacial score (nSPS) is 10.8. The molecule has 106 valence electrons. The lowest BCUT2D eigenvalue weighted by Gasteiger charge is -2.05. The fourth-order valence-electron chi connectivity index (χ4n) is 2.11. The fourth-order valence-corrected chi connectivity index (χ4v) is 2.49. The molecule has 0 fully saturated rings. The second-order valence-electron chi connectivity index (χ2n) is 4.35. The number of nitrogens with zero attached hydrogens (tertiary/aromatic N) is 3. The molecule has 0 unspecified atom stereocenters. The maximum atomic E-state index is 11.8. The first-order valence-electron chi connectivity index (χ1n) is 6.08. The predicted octanol–water partition coefficient (Wildman–Crippen LogP) is 2.29. The smallest absolute Gasteiger partial charge is 0.268 e. The van der Waals surface area contributed by atoms with Gasteiger partial charge >= 0.3 is 0 Å². The number of rotatable bonds is 3. The number of ether oxygens (including phenoxy) is 1. The van der Waals surface area contributed by atoms with E-state index in [9.17, 15) is 4.79 Å². The van der Waals surface area contributed by atoms with Gasteiger partial charge in [-0.2, -0.15) is 5.10 Å². The Labute approximate surface area is 128 Å². The Balaban J connectivity index is 2.31. The van der Waals surface area contributed by atoms with Crippen LogP contribution in [0, 0.1) is 0 Å². The van der Waals surface area contributed by atoms with Crippen molar-refractivity contribution in [1.29, 1.82) is 0 Å². The van der Waals surface area contributed by atoms with E-state index in [0.29, 0.717) is 22.5 Å². The SMILES string of the molecule is COc1cc2nn(-c3cccc(Br)c3)c(C(N)=O)c2cn1. The van der Waals surface area contributed by atoms with Crippen LogP contribution in [0.1, 0.15) is 10.5 Å². The summed E-state index contributed by atoms with van der Waals surface area (Å²) in [5, 5.41) is 5.02. The van der Waals surface area contributed by atoms with E-state index in [0.717, 1.165) is 10.2 Å². The van der Waals surface area contributed by atoms with E-state index < -0.39 is 5.91 Å². The summed E-state index contributed by atoms with van der Waals surface area (Å²) in [5.74, 6) is -0.137. The lowest BCUT2D eigenvalue weighted by molar-refractivity contribution is 0.0994. The number of fused-ring (bicyclic) bond motifs is 1. The quantitative estimate of drug-likeness (QED) is 0.788. The molecule has 0 aliphatic carbocycles. The molecule has 0 bridgehead atoms. The molecule has 6 nitrogen and oxygen atoms in total. The van der Waals surface area contributed by atoms with E-state index in [2.05, 4.69) is 26.0 Å². The van der Waals surface area contributed by atoms with Gasteiger partial charge in [-0.25, -0.2) is 9.67 Å². The number of nitrogens with two attached hydrogens (primary N) is 1. The van der Waals surface area contributed by atoms with Gasteiger partial charge in [0.1, 0.15) is 11.2 Å². The van der Waals surface area contributed by atoms with Crippen LogP contribution < -0.4 is 10.5 Å². The largest absolute Gasteiger partial charge is 0.481 e. The first kappa shape index (κ1) is 13.6. The third-order valence-electron chi connectivity index (χ3n) is 3.03. The summed E-state index contributed by atoms with van der Waals surface area (Å²) in [6.07, 6.45) is 1.54. The monoisotopic (exact) mass is 346 g/mol. The maximum Gasteiger partial charge on any atom is 0.268 e. The highest BCUT2D eigenvalue weighted by atomic mass is 79.9. The molecule has 3 aromatic rings. The second-order valence-corrected chi connectivity index (χ2v) is 5.26. The van der Waals surface area contributed by atoms with Crippen LogP contribution >= 0.6 is 15.9 Å². The van der Waals surface area contributed by atoms with E-state index in [1.165, 1.54) is 18.0 Å². The van der Waals surface area contributed by atoms with Gasteiger partial charge in [-0.1, -0.05) is 22.0 Å². The van der Waals surface area contributed by atoms with Crippen LogP contribution in [-0.4, -0.2) is 27.8 Å². The average molecular weight is 347 g/mol. The van der Waals surface area contributed by atoms with Crippen molar-refractivity contribution in [2.75, 3.05) is 7.11 Å². The summed E-state index contributed by atoms with van der Waals surface area (Å²) in [5.41, 5.74) is 7.11. The molecule has 0 saturated heterocycles. The standard InChI is InChI=1S/C14H11BrN4O2/c1-21-12-6-11-10(7-17-12)13(14(16)20)19(18-11)9-4-2-3-8(15)5-9/h2-7H,1H3,(H2,16,20). The lowest BCUT2D eigenvalue weighted by atomic mass is 10.2. The summed E-state index contributed by atoms with van der Waals surface area (Å²) in [4.78, 5) is 15.9. The van der Waals surface area contributed by atoms with Crippen LogP contribution in [0.2, 0.25) is 0 Å². The Morgan fingerprint density at radius 3 is 2.86 bits per heavy atom. The molecular weight excluding hydrogens is 336 g/mol. The van der Waals surface area contributed by atoms with Crippen LogP contribution in [0.15, 0.2) is 41.0 Å². The first-order chi connectivity index (χ1) is 10.1. The van der Waals surface area contributed by atoms with Gasteiger partial charge in [0.25, 0.3) is 5.91 Å². The molecule has 1 amide bonds. The van der Waals surface area contributed by atoms with Crippen molar-refractivity contribution in [2.24, 2.45) is 5.73 Å². The number of pyridine rings is 1.